The number of aromatic nitrogens is 1. The maximum absolute atomic E-state index is 13.9. The molecule has 0 bridgehead atoms. The summed E-state index contributed by atoms with van der Waals surface area (Å²) in [6, 6.07) is 15.0. The summed E-state index contributed by atoms with van der Waals surface area (Å²) in [5.74, 6) is -0.105. The zero-order chi connectivity index (χ0) is 34.2. The largest absolute Gasteiger partial charge is 0.379 e. The third-order valence-electron chi connectivity index (χ3n) is 9.70. The van der Waals surface area contributed by atoms with E-state index in [1.54, 1.807) is 13.3 Å². The van der Waals surface area contributed by atoms with Gasteiger partial charge < -0.3 is 29.8 Å². The number of aromatic amines is 1. The first-order valence-electron chi connectivity index (χ1n) is 17.1. The number of anilines is 1. The molecular formula is C38H50N6O4. The molecule has 5 rings (SSSR count). The monoisotopic (exact) mass is 654 g/mol. The van der Waals surface area contributed by atoms with Crippen molar-refractivity contribution in [3.63, 3.8) is 0 Å². The van der Waals surface area contributed by atoms with E-state index in [1.165, 1.54) is 5.56 Å². The molecule has 2 fully saturated rings. The Morgan fingerprint density at radius 3 is 2.38 bits per heavy atom. The molecule has 0 saturated carbocycles. The maximum atomic E-state index is 13.9. The van der Waals surface area contributed by atoms with E-state index in [-0.39, 0.29) is 30.0 Å². The molecule has 10 nitrogen and oxygen atoms in total. The van der Waals surface area contributed by atoms with Crippen LogP contribution in [0.2, 0.25) is 0 Å². The summed E-state index contributed by atoms with van der Waals surface area (Å²) in [7, 11) is 1.69. The maximum Gasteiger partial charge on any atom is 0.253 e. The van der Waals surface area contributed by atoms with Crippen LogP contribution in [0, 0.1) is 20.8 Å². The number of benzene rings is 2. The topological polar surface area (TPSA) is 110 Å². The van der Waals surface area contributed by atoms with Crippen LogP contribution in [0.4, 0.5) is 5.69 Å². The van der Waals surface area contributed by atoms with Crippen LogP contribution in [0.15, 0.2) is 52.3 Å². The van der Waals surface area contributed by atoms with Crippen molar-refractivity contribution in [1.82, 2.24) is 20.1 Å². The Labute approximate surface area is 284 Å². The highest BCUT2D eigenvalue weighted by atomic mass is 16.5. The van der Waals surface area contributed by atoms with E-state index in [9.17, 15) is 14.4 Å². The number of pyridine rings is 1. The van der Waals surface area contributed by atoms with Crippen molar-refractivity contribution in [2.75, 3.05) is 57.9 Å². The highest BCUT2D eigenvalue weighted by Crippen LogP contribution is 2.34. The molecule has 0 atom stereocenters. The summed E-state index contributed by atoms with van der Waals surface area (Å²) in [6.45, 7) is 14.5. The van der Waals surface area contributed by atoms with Gasteiger partial charge in [0.25, 0.3) is 11.5 Å². The molecule has 2 aromatic carbocycles. The Balaban J connectivity index is 1.44. The van der Waals surface area contributed by atoms with Crippen molar-refractivity contribution < 1.29 is 14.3 Å². The van der Waals surface area contributed by atoms with Crippen LogP contribution in [-0.2, 0) is 22.6 Å². The minimum Gasteiger partial charge on any atom is -0.379 e. The SMILES string of the molecule is CCN(c1cc(-c2ccc(CN3CCOCC3)cc2)cc(C(=O)NCc2c(C)cc(C)[nH]c2=O)c1C)C1CCN(C(=O)CC=NC)CC1. The van der Waals surface area contributed by atoms with Gasteiger partial charge in [0.15, 0.2) is 0 Å². The van der Waals surface area contributed by atoms with Crippen molar-refractivity contribution >= 4 is 23.7 Å². The zero-order valence-electron chi connectivity index (χ0n) is 29.1. The molecule has 256 valence electrons. The number of piperidine rings is 1. The number of hydrogen-bond acceptors (Lipinski definition) is 7. The van der Waals surface area contributed by atoms with Gasteiger partial charge in [0.05, 0.1) is 19.6 Å². The van der Waals surface area contributed by atoms with Crippen molar-refractivity contribution in [3.8, 4) is 11.1 Å². The summed E-state index contributed by atoms with van der Waals surface area (Å²) in [6.07, 6.45) is 3.69. The van der Waals surface area contributed by atoms with Crippen LogP contribution >= 0.6 is 0 Å². The molecule has 2 N–H and O–H groups in total. The lowest BCUT2D eigenvalue weighted by molar-refractivity contribution is -0.130. The lowest BCUT2D eigenvalue weighted by Crippen LogP contribution is -2.47. The van der Waals surface area contributed by atoms with Crippen molar-refractivity contribution in [2.45, 2.75) is 66.1 Å². The summed E-state index contributed by atoms with van der Waals surface area (Å²) in [4.78, 5) is 52.8. The number of ether oxygens (including phenoxy) is 1. The van der Waals surface area contributed by atoms with E-state index in [2.05, 4.69) is 62.3 Å². The third-order valence-corrected chi connectivity index (χ3v) is 9.70. The van der Waals surface area contributed by atoms with Gasteiger partial charge in [-0.15, -0.1) is 0 Å². The molecule has 2 aliphatic rings. The lowest BCUT2D eigenvalue weighted by Gasteiger charge is -2.40. The third kappa shape index (κ3) is 8.41. The molecular weight excluding hydrogens is 604 g/mol. The molecule has 2 aliphatic heterocycles. The van der Waals surface area contributed by atoms with Gasteiger partial charge in [-0.3, -0.25) is 19.3 Å². The molecule has 0 spiro atoms. The van der Waals surface area contributed by atoms with E-state index in [4.69, 9.17) is 4.74 Å². The van der Waals surface area contributed by atoms with Gasteiger partial charge in [0, 0.05) is 87.6 Å². The number of hydrogen-bond donors (Lipinski definition) is 2. The van der Waals surface area contributed by atoms with E-state index < -0.39 is 0 Å². The minimum atomic E-state index is -0.215. The zero-order valence-corrected chi connectivity index (χ0v) is 29.1. The van der Waals surface area contributed by atoms with Crippen molar-refractivity contribution in [2.24, 2.45) is 4.99 Å². The van der Waals surface area contributed by atoms with Gasteiger partial charge in [0.2, 0.25) is 5.91 Å². The number of likely N-dealkylation sites (tertiary alicyclic amines) is 1. The van der Waals surface area contributed by atoms with Crippen molar-refractivity contribution in [1.29, 1.82) is 0 Å². The number of nitrogens with one attached hydrogen (secondary N) is 2. The number of rotatable bonds is 11. The second-order valence-corrected chi connectivity index (χ2v) is 12.9. The summed E-state index contributed by atoms with van der Waals surface area (Å²) in [5, 5.41) is 3.04. The normalized spacial score (nSPS) is 16.0. The smallest absolute Gasteiger partial charge is 0.253 e. The van der Waals surface area contributed by atoms with Gasteiger partial charge in [-0.2, -0.15) is 0 Å². The Kier molecular flexibility index (Phi) is 11.8. The predicted octanol–water partition coefficient (Wildman–Crippen LogP) is 4.64. The molecule has 3 aromatic rings. The lowest BCUT2D eigenvalue weighted by atomic mass is 9.94. The van der Waals surface area contributed by atoms with Gasteiger partial charge >= 0.3 is 0 Å². The van der Waals surface area contributed by atoms with Gasteiger partial charge in [-0.05, 0) is 86.6 Å². The molecule has 0 aliphatic carbocycles. The van der Waals surface area contributed by atoms with Gasteiger partial charge in [0.1, 0.15) is 0 Å². The highest BCUT2D eigenvalue weighted by molar-refractivity contribution is 5.99. The molecule has 3 heterocycles. The average Bonchev–Trinajstić information content (AvgIpc) is 3.08. The first-order valence-corrected chi connectivity index (χ1v) is 17.1. The number of aliphatic imine (C=N–C) groups is 1. The fraction of sp³-hybridized carbons (Fsp3) is 0.474. The molecule has 48 heavy (non-hydrogen) atoms. The fourth-order valence-electron chi connectivity index (χ4n) is 6.94. The predicted molar refractivity (Wildman–Crippen MR) is 192 cm³/mol. The van der Waals surface area contributed by atoms with Crippen molar-refractivity contribution in [3.05, 3.63) is 86.3 Å². The fourth-order valence-corrected chi connectivity index (χ4v) is 6.94. The first-order chi connectivity index (χ1) is 23.2. The van der Waals surface area contributed by atoms with E-state index in [0.29, 0.717) is 30.6 Å². The Bertz CT molecular complexity index is 1670. The number of morpholine rings is 1. The van der Waals surface area contributed by atoms with Crippen LogP contribution in [0.25, 0.3) is 11.1 Å². The van der Waals surface area contributed by atoms with Crippen LogP contribution in [0.3, 0.4) is 0 Å². The Hall–Kier alpha value is -4.28. The quantitative estimate of drug-likeness (QED) is 0.292. The second kappa shape index (κ2) is 16.2. The van der Waals surface area contributed by atoms with Crippen LogP contribution in [0.5, 0.6) is 0 Å². The van der Waals surface area contributed by atoms with Gasteiger partial charge in [-0.1, -0.05) is 24.3 Å². The summed E-state index contributed by atoms with van der Waals surface area (Å²) >= 11 is 0. The molecule has 2 amide bonds. The molecule has 10 heteroatoms. The van der Waals surface area contributed by atoms with E-state index >= 15 is 0 Å². The summed E-state index contributed by atoms with van der Waals surface area (Å²) < 4.78 is 5.51. The van der Waals surface area contributed by atoms with Crippen LogP contribution in [0.1, 0.15) is 64.5 Å². The molecule has 0 unspecified atom stereocenters. The molecule has 0 radical (unpaired) electrons. The Morgan fingerprint density at radius 1 is 1.02 bits per heavy atom. The number of aryl methyl sites for hydroxylation is 2. The number of carbonyl (C=O) groups excluding carboxylic acids is 2. The van der Waals surface area contributed by atoms with Gasteiger partial charge in [-0.25, -0.2) is 0 Å². The second-order valence-electron chi connectivity index (χ2n) is 12.9. The molecule has 1 aromatic heterocycles. The van der Waals surface area contributed by atoms with E-state index in [1.807, 2.05) is 37.8 Å². The minimum absolute atomic E-state index is 0.110. The summed E-state index contributed by atoms with van der Waals surface area (Å²) in [5.41, 5.74) is 7.77. The number of nitrogens with zero attached hydrogens (tertiary/aromatic N) is 4. The standard InChI is InChI=1S/C38H50N6O4/c1-6-44(32-12-15-43(16-13-32)36(45)11-14-39-5)35-23-31(30-9-7-29(8-10-30)25-42-17-19-48-20-18-42)22-33(28(35)4)37(46)40-24-34-26(2)21-27(3)41-38(34)47/h7-10,14,21-23,32H,6,11-13,15-20,24-25H2,1-5H3,(H,40,46)(H,41,47). The number of amides is 2. The number of carbonyl (C=O) groups is 2. The molecule has 2 saturated heterocycles. The number of H-pyrrole nitrogens is 1. The first kappa shape index (κ1) is 35.0. The van der Waals surface area contributed by atoms with E-state index in [0.717, 1.165) is 85.9 Å². The average molecular weight is 655 g/mol. The van der Waals surface area contributed by atoms with Crippen LogP contribution in [-0.4, -0.2) is 91.8 Å². The Morgan fingerprint density at radius 2 is 1.73 bits per heavy atom. The van der Waals surface area contributed by atoms with Crippen LogP contribution < -0.4 is 15.8 Å². The highest BCUT2D eigenvalue weighted by Gasteiger charge is 2.28.